The quantitative estimate of drug-likeness (QED) is 0.667. The Balaban J connectivity index is 0.000000791. The summed E-state index contributed by atoms with van der Waals surface area (Å²) >= 11 is 0. The molecule has 0 fully saturated rings. The molecule has 1 aliphatic heterocycles. The summed E-state index contributed by atoms with van der Waals surface area (Å²) in [5, 5.41) is 2.77. The molecule has 1 heterocycles. The van der Waals surface area contributed by atoms with E-state index in [-0.39, 0.29) is 5.91 Å². The molecule has 0 saturated carbocycles. The molecule has 76 valence electrons. The average Bonchev–Trinajstić information content (AvgIpc) is 2.19. The van der Waals surface area contributed by atoms with Gasteiger partial charge in [-0.25, -0.2) is 0 Å². The number of rotatable bonds is 2. The standard InChI is InChI=1S/C10H13NO.C2H4/c1-4-8-5-6-11-10(12)9(8)7(2)3;1-2/h4H,1-2,5-6H2,3H3,(H,11,12);1-2H2. The zero-order valence-electron chi connectivity index (χ0n) is 8.73. The van der Waals surface area contributed by atoms with Gasteiger partial charge in [0.25, 0.3) is 5.91 Å². The smallest absolute Gasteiger partial charge is 0.251 e. The molecule has 1 rings (SSSR count). The Labute approximate surface area is 85.7 Å². The van der Waals surface area contributed by atoms with E-state index < -0.39 is 0 Å². The second kappa shape index (κ2) is 5.97. The van der Waals surface area contributed by atoms with E-state index in [0.717, 1.165) is 17.6 Å². The van der Waals surface area contributed by atoms with Crippen LogP contribution in [0.3, 0.4) is 0 Å². The SMILES string of the molecule is C=C.C=CC1=C(C(=C)C)C(=O)NCC1. The molecule has 14 heavy (non-hydrogen) atoms. The van der Waals surface area contributed by atoms with Crippen LogP contribution in [0.5, 0.6) is 0 Å². The van der Waals surface area contributed by atoms with E-state index in [0.29, 0.717) is 12.1 Å². The van der Waals surface area contributed by atoms with Crippen molar-refractivity contribution in [1.82, 2.24) is 5.32 Å². The lowest BCUT2D eigenvalue weighted by atomic mass is 9.96. The molecule has 0 unspecified atom stereocenters. The van der Waals surface area contributed by atoms with E-state index in [1.165, 1.54) is 0 Å². The first-order valence-electron chi connectivity index (χ1n) is 4.46. The molecule has 0 bridgehead atoms. The Morgan fingerprint density at radius 2 is 2.07 bits per heavy atom. The van der Waals surface area contributed by atoms with Gasteiger partial charge < -0.3 is 5.32 Å². The number of carbonyl (C=O) groups excluding carboxylic acids is 1. The molecule has 2 nitrogen and oxygen atoms in total. The van der Waals surface area contributed by atoms with Crippen LogP contribution >= 0.6 is 0 Å². The van der Waals surface area contributed by atoms with Gasteiger partial charge in [-0.3, -0.25) is 4.79 Å². The maximum Gasteiger partial charge on any atom is 0.251 e. The van der Waals surface area contributed by atoms with E-state index in [2.05, 4.69) is 31.6 Å². The minimum Gasteiger partial charge on any atom is -0.352 e. The Kier molecular flexibility index (Phi) is 5.30. The van der Waals surface area contributed by atoms with Crippen LogP contribution in [-0.2, 0) is 4.79 Å². The van der Waals surface area contributed by atoms with Gasteiger partial charge in [0, 0.05) is 12.1 Å². The van der Waals surface area contributed by atoms with Gasteiger partial charge in [0.15, 0.2) is 0 Å². The lowest BCUT2D eigenvalue weighted by molar-refractivity contribution is -0.117. The number of hydrogen-bond donors (Lipinski definition) is 1. The van der Waals surface area contributed by atoms with E-state index in [1.807, 2.05) is 6.92 Å². The normalized spacial score (nSPS) is 15.1. The number of hydrogen-bond acceptors (Lipinski definition) is 1. The topological polar surface area (TPSA) is 29.1 Å². The van der Waals surface area contributed by atoms with Gasteiger partial charge in [0.2, 0.25) is 0 Å². The number of carbonyl (C=O) groups is 1. The van der Waals surface area contributed by atoms with Crippen molar-refractivity contribution in [3.8, 4) is 0 Å². The molecular weight excluding hydrogens is 174 g/mol. The molecule has 0 aliphatic carbocycles. The lowest BCUT2D eigenvalue weighted by Gasteiger charge is -2.18. The summed E-state index contributed by atoms with van der Waals surface area (Å²) in [5.41, 5.74) is 2.52. The fourth-order valence-electron chi connectivity index (χ4n) is 1.34. The third-order valence-electron chi connectivity index (χ3n) is 1.90. The molecular formula is C12H17NO. The van der Waals surface area contributed by atoms with Crippen LogP contribution in [0, 0.1) is 0 Å². The predicted octanol–water partition coefficient (Wildman–Crippen LogP) is 2.37. The number of amides is 1. The molecule has 0 spiro atoms. The van der Waals surface area contributed by atoms with Gasteiger partial charge in [0.1, 0.15) is 0 Å². The monoisotopic (exact) mass is 191 g/mol. The zero-order chi connectivity index (χ0) is 11.1. The Morgan fingerprint density at radius 1 is 1.50 bits per heavy atom. The lowest BCUT2D eigenvalue weighted by Crippen LogP contribution is -2.31. The van der Waals surface area contributed by atoms with Gasteiger partial charge >= 0.3 is 0 Å². The van der Waals surface area contributed by atoms with E-state index in [1.54, 1.807) is 6.08 Å². The van der Waals surface area contributed by atoms with Crippen molar-refractivity contribution in [2.45, 2.75) is 13.3 Å². The molecule has 1 N–H and O–H groups in total. The summed E-state index contributed by atoms with van der Waals surface area (Å²) in [6, 6.07) is 0. The third-order valence-corrected chi connectivity index (χ3v) is 1.90. The van der Waals surface area contributed by atoms with Crippen molar-refractivity contribution in [2.24, 2.45) is 0 Å². The minimum absolute atomic E-state index is 0.0244. The highest BCUT2D eigenvalue weighted by Gasteiger charge is 2.18. The predicted molar refractivity (Wildman–Crippen MR) is 60.9 cm³/mol. The zero-order valence-corrected chi connectivity index (χ0v) is 8.73. The van der Waals surface area contributed by atoms with Gasteiger partial charge in [-0.1, -0.05) is 19.2 Å². The minimum atomic E-state index is -0.0244. The van der Waals surface area contributed by atoms with Crippen LogP contribution in [0.2, 0.25) is 0 Å². The van der Waals surface area contributed by atoms with Crippen molar-refractivity contribution in [1.29, 1.82) is 0 Å². The summed E-state index contributed by atoms with van der Waals surface area (Å²) < 4.78 is 0. The molecule has 0 aromatic heterocycles. The first-order chi connectivity index (χ1) is 6.66. The second-order valence-electron chi connectivity index (χ2n) is 2.89. The average molecular weight is 191 g/mol. The maximum absolute atomic E-state index is 11.3. The highest BCUT2D eigenvalue weighted by atomic mass is 16.1. The molecule has 0 saturated heterocycles. The fraction of sp³-hybridized carbons (Fsp3) is 0.250. The third kappa shape index (κ3) is 2.73. The van der Waals surface area contributed by atoms with E-state index in [9.17, 15) is 4.79 Å². The van der Waals surface area contributed by atoms with Gasteiger partial charge in [-0.05, 0) is 24.5 Å². The van der Waals surface area contributed by atoms with Crippen LogP contribution in [0.1, 0.15) is 13.3 Å². The summed E-state index contributed by atoms with van der Waals surface area (Å²) in [7, 11) is 0. The van der Waals surface area contributed by atoms with Gasteiger partial charge in [-0.15, -0.1) is 13.2 Å². The molecule has 0 aromatic carbocycles. The maximum atomic E-state index is 11.3. The Bertz CT molecular complexity index is 287. The molecule has 0 atom stereocenters. The molecule has 1 aliphatic rings. The molecule has 2 heteroatoms. The first kappa shape index (κ1) is 12.4. The Hall–Kier alpha value is -1.57. The molecule has 1 amide bonds. The summed E-state index contributed by atoms with van der Waals surface area (Å²) in [5.74, 6) is -0.0244. The van der Waals surface area contributed by atoms with Crippen molar-refractivity contribution < 1.29 is 4.79 Å². The van der Waals surface area contributed by atoms with Crippen LogP contribution in [0.15, 0.2) is 49.1 Å². The first-order valence-corrected chi connectivity index (χ1v) is 4.46. The van der Waals surface area contributed by atoms with Crippen LogP contribution in [0.4, 0.5) is 0 Å². The summed E-state index contributed by atoms with van der Waals surface area (Å²) in [6.45, 7) is 16.0. The fourth-order valence-corrected chi connectivity index (χ4v) is 1.34. The molecule has 0 radical (unpaired) electrons. The summed E-state index contributed by atoms with van der Waals surface area (Å²) in [4.78, 5) is 11.3. The van der Waals surface area contributed by atoms with E-state index in [4.69, 9.17) is 0 Å². The van der Waals surface area contributed by atoms with Crippen molar-refractivity contribution in [3.63, 3.8) is 0 Å². The van der Waals surface area contributed by atoms with Crippen LogP contribution in [0.25, 0.3) is 0 Å². The van der Waals surface area contributed by atoms with Crippen molar-refractivity contribution >= 4 is 5.91 Å². The highest BCUT2D eigenvalue weighted by Crippen LogP contribution is 2.19. The largest absolute Gasteiger partial charge is 0.352 e. The second-order valence-corrected chi connectivity index (χ2v) is 2.89. The number of nitrogens with one attached hydrogen (secondary N) is 1. The number of allylic oxidation sites excluding steroid dienone is 1. The van der Waals surface area contributed by atoms with Gasteiger partial charge in [-0.2, -0.15) is 0 Å². The van der Waals surface area contributed by atoms with Crippen molar-refractivity contribution in [2.75, 3.05) is 6.54 Å². The summed E-state index contributed by atoms with van der Waals surface area (Å²) in [6.07, 6.45) is 2.60. The van der Waals surface area contributed by atoms with Crippen molar-refractivity contribution in [3.05, 3.63) is 49.1 Å². The van der Waals surface area contributed by atoms with Gasteiger partial charge in [0.05, 0.1) is 0 Å². The molecule has 0 aromatic rings. The highest BCUT2D eigenvalue weighted by molar-refractivity contribution is 5.99. The van der Waals surface area contributed by atoms with Crippen LogP contribution < -0.4 is 5.32 Å². The van der Waals surface area contributed by atoms with E-state index >= 15 is 0 Å². The Morgan fingerprint density at radius 3 is 2.43 bits per heavy atom. The van der Waals surface area contributed by atoms with Crippen LogP contribution in [-0.4, -0.2) is 12.5 Å².